The van der Waals surface area contributed by atoms with Crippen molar-refractivity contribution >= 4 is 11.6 Å². The summed E-state index contributed by atoms with van der Waals surface area (Å²) < 4.78 is 13.0. The highest BCUT2D eigenvalue weighted by Gasteiger charge is 2.12. The van der Waals surface area contributed by atoms with Gasteiger partial charge in [-0.25, -0.2) is 9.37 Å². The van der Waals surface area contributed by atoms with E-state index < -0.39 is 0 Å². The number of carbonyl (C=O) groups excluding carboxylic acids is 1. The van der Waals surface area contributed by atoms with E-state index in [1.165, 1.54) is 18.2 Å². The third kappa shape index (κ3) is 4.88. The van der Waals surface area contributed by atoms with Gasteiger partial charge in [0.1, 0.15) is 11.6 Å². The van der Waals surface area contributed by atoms with E-state index in [0.717, 1.165) is 5.56 Å². The van der Waals surface area contributed by atoms with Crippen LogP contribution in [0.5, 0.6) is 0 Å². The third-order valence-electron chi connectivity index (χ3n) is 4.22. The molecule has 0 aliphatic carbocycles. The summed E-state index contributed by atoms with van der Waals surface area (Å²) in [5.74, 6) is -0.0240. The summed E-state index contributed by atoms with van der Waals surface area (Å²) in [5, 5.41) is 2.86. The van der Waals surface area contributed by atoms with E-state index in [1.807, 2.05) is 13.0 Å². The van der Waals surface area contributed by atoms with Gasteiger partial charge in [0.05, 0.1) is 0 Å². The number of rotatable bonds is 5. The number of halogens is 1. The van der Waals surface area contributed by atoms with Crippen molar-refractivity contribution in [3.63, 3.8) is 0 Å². The molecule has 1 unspecified atom stereocenters. The van der Waals surface area contributed by atoms with Crippen LogP contribution in [0, 0.1) is 12.7 Å². The molecule has 2 N–H and O–H groups in total. The molecule has 0 aliphatic heterocycles. The van der Waals surface area contributed by atoms with Crippen molar-refractivity contribution in [1.82, 2.24) is 9.97 Å². The van der Waals surface area contributed by atoms with Crippen LogP contribution in [0.25, 0.3) is 11.4 Å². The van der Waals surface area contributed by atoms with Gasteiger partial charge in [0.2, 0.25) is 5.91 Å². The summed E-state index contributed by atoms with van der Waals surface area (Å²) in [4.78, 5) is 31.0. The van der Waals surface area contributed by atoms with Gasteiger partial charge >= 0.3 is 0 Å². The van der Waals surface area contributed by atoms with Crippen LogP contribution >= 0.6 is 0 Å². The fraction of sp³-hybridized carbons (Fsp3) is 0.190. The lowest BCUT2D eigenvalue weighted by molar-refractivity contribution is -0.116. The van der Waals surface area contributed by atoms with Crippen molar-refractivity contribution in [3.8, 4) is 11.4 Å². The molecule has 138 valence electrons. The Labute approximate surface area is 156 Å². The zero-order valence-electron chi connectivity index (χ0n) is 15.1. The number of benzene rings is 2. The normalized spacial score (nSPS) is 11.8. The van der Waals surface area contributed by atoms with Crippen molar-refractivity contribution < 1.29 is 9.18 Å². The topological polar surface area (TPSA) is 74.8 Å². The maximum absolute atomic E-state index is 13.0. The lowest BCUT2D eigenvalue weighted by Gasteiger charge is -2.12. The van der Waals surface area contributed by atoms with E-state index in [-0.39, 0.29) is 29.6 Å². The van der Waals surface area contributed by atoms with Crippen LogP contribution in [-0.2, 0) is 4.79 Å². The van der Waals surface area contributed by atoms with Gasteiger partial charge in [-0.1, -0.05) is 31.2 Å². The second-order valence-electron chi connectivity index (χ2n) is 6.52. The molecule has 0 spiro atoms. The number of nitrogens with one attached hydrogen (secondary N) is 2. The standard InChI is InChI=1S/C21H20FN3O2/c1-13(15-6-8-17(22)9-7-15)10-19(26)24-18-5-3-4-16(12-18)21-23-14(2)11-20(27)25-21/h3-9,11-13H,10H2,1-2H3,(H,24,26)(H,23,25,27). The molecule has 0 saturated carbocycles. The van der Waals surface area contributed by atoms with Gasteiger partial charge in [-0.2, -0.15) is 0 Å². The molecular formula is C21H20FN3O2. The molecule has 6 heteroatoms. The summed E-state index contributed by atoms with van der Waals surface area (Å²) >= 11 is 0. The van der Waals surface area contributed by atoms with Crippen molar-refractivity contribution in [2.24, 2.45) is 0 Å². The Morgan fingerprint density at radius 3 is 2.63 bits per heavy atom. The smallest absolute Gasteiger partial charge is 0.251 e. The van der Waals surface area contributed by atoms with E-state index in [4.69, 9.17) is 0 Å². The zero-order valence-corrected chi connectivity index (χ0v) is 15.1. The van der Waals surface area contributed by atoms with Gasteiger partial charge < -0.3 is 10.3 Å². The van der Waals surface area contributed by atoms with Gasteiger partial charge in [0.15, 0.2) is 0 Å². The number of carbonyl (C=O) groups is 1. The Bertz CT molecular complexity index is 1010. The summed E-state index contributed by atoms with van der Waals surface area (Å²) in [6, 6.07) is 14.7. The monoisotopic (exact) mass is 365 g/mol. The van der Waals surface area contributed by atoms with Gasteiger partial charge in [0, 0.05) is 29.4 Å². The van der Waals surface area contributed by atoms with Crippen molar-refractivity contribution in [1.29, 1.82) is 0 Å². The molecule has 1 aromatic heterocycles. The second kappa shape index (κ2) is 7.95. The third-order valence-corrected chi connectivity index (χ3v) is 4.22. The fourth-order valence-electron chi connectivity index (χ4n) is 2.86. The molecule has 0 saturated heterocycles. The average molecular weight is 365 g/mol. The molecule has 1 atom stereocenters. The lowest BCUT2D eigenvalue weighted by Crippen LogP contribution is -2.14. The molecule has 0 fully saturated rings. The zero-order chi connectivity index (χ0) is 19.4. The minimum absolute atomic E-state index is 0.0384. The Morgan fingerprint density at radius 2 is 1.93 bits per heavy atom. The van der Waals surface area contributed by atoms with Crippen molar-refractivity contribution in [2.45, 2.75) is 26.2 Å². The van der Waals surface area contributed by atoms with E-state index >= 15 is 0 Å². The SMILES string of the molecule is Cc1cc(=O)[nH]c(-c2cccc(NC(=O)CC(C)c3ccc(F)cc3)c2)n1. The maximum atomic E-state index is 13.0. The maximum Gasteiger partial charge on any atom is 0.251 e. The van der Waals surface area contributed by atoms with Crippen LogP contribution in [0.2, 0.25) is 0 Å². The Kier molecular flexibility index (Phi) is 5.45. The van der Waals surface area contributed by atoms with Gasteiger partial charge in [-0.15, -0.1) is 0 Å². The van der Waals surface area contributed by atoms with Crippen molar-refractivity contribution in [2.75, 3.05) is 5.32 Å². The summed E-state index contributed by atoms with van der Waals surface area (Å²) in [6.07, 6.45) is 0.273. The van der Waals surface area contributed by atoms with Crippen LogP contribution in [0.15, 0.2) is 59.4 Å². The number of aromatic nitrogens is 2. The highest BCUT2D eigenvalue weighted by atomic mass is 19.1. The average Bonchev–Trinajstić information content (AvgIpc) is 2.61. The number of nitrogens with zero attached hydrogens (tertiary/aromatic N) is 1. The van der Waals surface area contributed by atoms with Crippen LogP contribution in [0.1, 0.15) is 30.5 Å². The fourth-order valence-corrected chi connectivity index (χ4v) is 2.86. The summed E-state index contributed by atoms with van der Waals surface area (Å²) in [7, 11) is 0. The molecule has 1 heterocycles. The first-order valence-electron chi connectivity index (χ1n) is 8.64. The van der Waals surface area contributed by atoms with Gasteiger partial charge in [-0.05, 0) is 42.7 Å². The first-order chi connectivity index (χ1) is 12.9. The number of aromatic amines is 1. The van der Waals surface area contributed by atoms with Gasteiger partial charge in [-0.3, -0.25) is 9.59 Å². The van der Waals surface area contributed by atoms with Crippen LogP contribution < -0.4 is 10.9 Å². The summed E-state index contributed by atoms with van der Waals surface area (Å²) in [5.41, 5.74) is 2.63. The molecule has 27 heavy (non-hydrogen) atoms. The Balaban J connectivity index is 1.71. The first kappa shape index (κ1) is 18.5. The molecule has 5 nitrogen and oxygen atoms in total. The molecule has 3 rings (SSSR count). The number of anilines is 1. The van der Waals surface area contributed by atoms with E-state index in [0.29, 0.717) is 22.8 Å². The first-order valence-corrected chi connectivity index (χ1v) is 8.64. The van der Waals surface area contributed by atoms with Gasteiger partial charge in [0.25, 0.3) is 5.56 Å². The summed E-state index contributed by atoms with van der Waals surface area (Å²) in [6.45, 7) is 3.67. The highest BCUT2D eigenvalue weighted by Crippen LogP contribution is 2.22. The molecule has 3 aromatic rings. The number of H-pyrrole nitrogens is 1. The molecule has 0 aliphatic rings. The molecule has 2 aromatic carbocycles. The quantitative estimate of drug-likeness (QED) is 0.717. The minimum atomic E-state index is -0.296. The second-order valence-corrected chi connectivity index (χ2v) is 6.52. The lowest BCUT2D eigenvalue weighted by atomic mass is 9.97. The van der Waals surface area contributed by atoms with E-state index in [1.54, 1.807) is 37.3 Å². The van der Waals surface area contributed by atoms with E-state index in [9.17, 15) is 14.0 Å². The van der Waals surface area contributed by atoms with Crippen LogP contribution in [0.4, 0.5) is 10.1 Å². The Morgan fingerprint density at radius 1 is 1.19 bits per heavy atom. The molecular weight excluding hydrogens is 345 g/mol. The van der Waals surface area contributed by atoms with Crippen LogP contribution in [0.3, 0.4) is 0 Å². The predicted octanol–water partition coefficient (Wildman–Crippen LogP) is 4.02. The Hall–Kier alpha value is -3.28. The van der Waals surface area contributed by atoms with Crippen LogP contribution in [-0.4, -0.2) is 15.9 Å². The molecule has 1 amide bonds. The number of hydrogen-bond donors (Lipinski definition) is 2. The molecule has 0 bridgehead atoms. The van der Waals surface area contributed by atoms with Crippen molar-refractivity contribution in [3.05, 3.63) is 82.0 Å². The number of aryl methyl sites for hydroxylation is 1. The predicted molar refractivity (Wildman–Crippen MR) is 103 cm³/mol. The highest BCUT2D eigenvalue weighted by molar-refractivity contribution is 5.91. The molecule has 0 radical (unpaired) electrons. The largest absolute Gasteiger partial charge is 0.326 e. The van der Waals surface area contributed by atoms with E-state index in [2.05, 4.69) is 15.3 Å². The number of hydrogen-bond acceptors (Lipinski definition) is 3. The minimum Gasteiger partial charge on any atom is -0.326 e. The number of amides is 1.